The predicted octanol–water partition coefficient (Wildman–Crippen LogP) is -2.53. The third kappa shape index (κ3) is 3.71. The zero-order chi connectivity index (χ0) is 7.83. The van der Waals surface area contributed by atoms with Gasteiger partial charge < -0.3 is 33.6 Å². The summed E-state index contributed by atoms with van der Waals surface area (Å²) in [5.74, 6) is 0. The van der Waals surface area contributed by atoms with Crippen molar-refractivity contribution >= 4 is 0 Å². The molecule has 2 nitrogen and oxygen atoms in total. The molecule has 0 saturated heterocycles. The highest BCUT2D eigenvalue weighted by Crippen LogP contribution is 2.46. The molecular weight excluding hydrogens is 253 g/mol. The molecular formula is C8H18INO. The van der Waals surface area contributed by atoms with Crippen molar-refractivity contribution in [2.75, 3.05) is 34.3 Å². The second-order valence-electron chi connectivity index (χ2n) is 4.61. The Morgan fingerprint density at radius 1 is 1.27 bits per heavy atom. The summed E-state index contributed by atoms with van der Waals surface area (Å²) in [4.78, 5) is 0. The third-order valence-electron chi connectivity index (χ3n) is 2.10. The normalized spacial score (nSPS) is 20.7. The highest BCUT2D eigenvalue weighted by molar-refractivity contribution is 4.92. The van der Waals surface area contributed by atoms with Crippen LogP contribution >= 0.6 is 0 Å². The smallest absolute Gasteiger partial charge is 0.0859 e. The molecule has 1 aliphatic rings. The van der Waals surface area contributed by atoms with Crippen molar-refractivity contribution in [3.8, 4) is 0 Å². The predicted molar refractivity (Wildman–Crippen MR) is 41.7 cm³/mol. The van der Waals surface area contributed by atoms with Gasteiger partial charge >= 0.3 is 0 Å². The van der Waals surface area contributed by atoms with Crippen LogP contribution in [0.1, 0.15) is 12.8 Å². The van der Waals surface area contributed by atoms with Crippen LogP contribution in [-0.4, -0.2) is 43.9 Å². The largest absolute Gasteiger partial charge is 1.00 e. The Balaban J connectivity index is 0.000001000. The lowest BCUT2D eigenvalue weighted by atomic mass is 10.1. The lowest BCUT2D eigenvalue weighted by Gasteiger charge is -2.28. The van der Waals surface area contributed by atoms with Crippen LogP contribution in [0.3, 0.4) is 0 Å². The molecule has 3 heteroatoms. The van der Waals surface area contributed by atoms with E-state index in [1.807, 2.05) is 0 Å². The fourth-order valence-electron chi connectivity index (χ4n) is 1.55. The highest BCUT2D eigenvalue weighted by atomic mass is 127. The number of rotatable bonds is 3. The van der Waals surface area contributed by atoms with E-state index >= 15 is 0 Å². The van der Waals surface area contributed by atoms with Gasteiger partial charge in [-0.05, 0) is 12.8 Å². The summed E-state index contributed by atoms with van der Waals surface area (Å²) >= 11 is 0. The van der Waals surface area contributed by atoms with Gasteiger partial charge in [0.2, 0.25) is 0 Å². The zero-order valence-electron chi connectivity index (χ0n) is 7.60. The van der Waals surface area contributed by atoms with Gasteiger partial charge in [-0.2, -0.15) is 0 Å². The van der Waals surface area contributed by atoms with Gasteiger partial charge in [-0.1, -0.05) is 0 Å². The molecule has 0 unspecified atom stereocenters. The fourth-order valence-corrected chi connectivity index (χ4v) is 1.55. The number of halogens is 1. The van der Waals surface area contributed by atoms with Crippen LogP contribution in [0.25, 0.3) is 0 Å². The van der Waals surface area contributed by atoms with Crippen LogP contribution in [0.5, 0.6) is 0 Å². The number of hydrogen-bond acceptors (Lipinski definition) is 1. The first-order valence-electron chi connectivity index (χ1n) is 3.89. The summed E-state index contributed by atoms with van der Waals surface area (Å²) in [6, 6.07) is 0. The number of quaternary nitrogens is 1. The maximum absolute atomic E-state index is 9.01. The molecule has 68 valence electrons. The Morgan fingerprint density at radius 2 is 1.73 bits per heavy atom. The second kappa shape index (κ2) is 3.58. The Hall–Kier alpha value is 0.650. The maximum atomic E-state index is 9.01. The minimum Gasteiger partial charge on any atom is -1.00 e. The Labute approximate surface area is 86.2 Å². The summed E-state index contributed by atoms with van der Waals surface area (Å²) < 4.78 is 0.973. The molecule has 0 aromatic carbocycles. The minimum absolute atomic E-state index is 0. The lowest BCUT2D eigenvalue weighted by Crippen LogP contribution is -3.00. The van der Waals surface area contributed by atoms with E-state index in [2.05, 4.69) is 21.1 Å². The number of aliphatic hydroxyl groups excluding tert-OH is 1. The first kappa shape index (κ1) is 11.6. The van der Waals surface area contributed by atoms with Crippen molar-refractivity contribution in [2.45, 2.75) is 12.8 Å². The number of hydrogen-bond donors (Lipinski definition) is 1. The van der Waals surface area contributed by atoms with Crippen LogP contribution in [0.2, 0.25) is 0 Å². The van der Waals surface area contributed by atoms with Gasteiger partial charge in [0.1, 0.15) is 0 Å². The van der Waals surface area contributed by atoms with Crippen molar-refractivity contribution < 1.29 is 33.6 Å². The molecule has 0 radical (unpaired) electrons. The van der Waals surface area contributed by atoms with E-state index in [0.29, 0.717) is 12.0 Å². The molecule has 0 aromatic heterocycles. The third-order valence-corrected chi connectivity index (χ3v) is 2.10. The van der Waals surface area contributed by atoms with E-state index in [1.165, 1.54) is 12.8 Å². The van der Waals surface area contributed by atoms with E-state index in [0.717, 1.165) is 11.0 Å². The zero-order valence-corrected chi connectivity index (χ0v) is 9.76. The van der Waals surface area contributed by atoms with Gasteiger partial charge in [-0.3, -0.25) is 0 Å². The Morgan fingerprint density at radius 3 is 1.82 bits per heavy atom. The summed E-state index contributed by atoms with van der Waals surface area (Å²) in [5.41, 5.74) is 0.304. The second-order valence-corrected chi connectivity index (χ2v) is 4.61. The van der Waals surface area contributed by atoms with E-state index in [4.69, 9.17) is 5.11 Å². The van der Waals surface area contributed by atoms with Gasteiger partial charge in [0, 0.05) is 5.41 Å². The molecule has 1 fully saturated rings. The molecule has 1 saturated carbocycles. The maximum Gasteiger partial charge on any atom is 0.0859 e. The van der Waals surface area contributed by atoms with E-state index < -0.39 is 0 Å². The standard InChI is InChI=1S/C8H18NO.HI/c1-9(2,3)6-8(7-10)4-5-8;/h10H,4-7H2,1-3H3;1H/q+1;/p-1. The first-order chi connectivity index (χ1) is 4.47. The summed E-state index contributed by atoms with van der Waals surface area (Å²) in [5, 5.41) is 9.01. The molecule has 0 bridgehead atoms. The van der Waals surface area contributed by atoms with Gasteiger partial charge in [0.15, 0.2) is 0 Å². The average molecular weight is 271 g/mol. The van der Waals surface area contributed by atoms with Crippen LogP contribution in [0, 0.1) is 5.41 Å². The van der Waals surface area contributed by atoms with Gasteiger partial charge in [-0.25, -0.2) is 0 Å². The topological polar surface area (TPSA) is 20.2 Å². The SMILES string of the molecule is C[N+](C)(C)CC1(CO)CC1.[I-]. The Kier molecular flexibility index (Phi) is 3.79. The molecule has 1 aliphatic carbocycles. The molecule has 0 spiro atoms. The minimum atomic E-state index is 0. The van der Waals surface area contributed by atoms with Gasteiger partial charge in [0.05, 0.1) is 34.3 Å². The number of nitrogens with zero attached hydrogens (tertiary/aromatic N) is 1. The monoisotopic (exact) mass is 271 g/mol. The van der Waals surface area contributed by atoms with Gasteiger partial charge in [0.25, 0.3) is 0 Å². The van der Waals surface area contributed by atoms with Crippen LogP contribution in [0.15, 0.2) is 0 Å². The van der Waals surface area contributed by atoms with Crippen LogP contribution < -0.4 is 24.0 Å². The fraction of sp³-hybridized carbons (Fsp3) is 1.00. The van der Waals surface area contributed by atoms with E-state index in [1.54, 1.807) is 0 Å². The van der Waals surface area contributed by atoms with Crippen LogP contribution in [-0.2, 0) is 0 Å². The quantitative estimate of drug-likeness (QED) is 0.443. The molecule has 1 rings (SSSR count). The summed E-state index contributed by atoms with van der Waals surface area (Å²) in [6.45, 7) is 1.49. The molecule has 1 N–H and O–H groups in total. The van der Waals surface area contributed by atoms with Crippen molar-refractivity contribution in [1.29, 1.82) is 0 Å². The van der Waals surface area contributed by atoms with Crippen molar-refractivity contribution in [2.24, 2.45) is 5.41 Å². The van der Waals surface area contributed by atoms with Crippen LogP contribution in [0.4, 0.5) is 0 Å². The van der Waals surface area contributed by atoms with E-state index in [-0.39, 0.29) is 24.0 Å². The lowest BCUT2D eigenvalue weighted by molar-refractivity contribution is -0.875. The molecule has 11 heavy (non-hydrogen) atoms. The molecule has 0 aliphatic heterocycles. The van der Waals surface area contributed by atoms with Crippen molar-refractivity contribution in [3.05, 3.63) is 0 Å². The number of aliphatic hydroxyl groups is 1. The molecule has 0 atom stereocenters. The summed E-state index contributed by atoms with van der Waals surface area (Å²) in [6.07, 6.45) is 2.44. The van der Waals surface area contributed by atoms with Gasteiger partial charge in [-0.15, -0.1) is 0 Å². The summed E-state index contributed by atoms with van der Waals surface area (Å²) in [7, 11) is 6.53. The molecule has 0 amide bonds. The Bertz CT molecular complexity index is 127. The molecule has 0 aromatic rings. The van der Waals surface area contributed by atoms with E-state index in [9.17, 15) is 0 Å². The van der Waals surface area contributed by atoms with Crippen molar-refractivity contribution in [3.63, 3.8) is 0 Å². The molecule has 0 heterocycles. The average Bonchev–Trinajstić information content (AvgIpc) is 2.45. The first-order valence-corrected chi connectivity index (χ1v) is 3.89. The highest BCUT2D eigenvalue weighted by Gasteiger charge is 2.46. The van der Waals surface area contributed by atoms with Crippen molar-refractivity contribution in [1.82, 2.24) is 0 Å².